The number of benzene rings is 1. The summed E-state index contributed by atoms with van der Waals surface area (Å²) < 4.78 is 7.60. The number of aliphatic carboxylic acids is 1. The van der Waals surface area contributed by atoms with Gasteiger partial charge in [0.2, 0.25) is 5.91 Å². The van der Waals surface area contributed by atoms with Crippen molar-refractivity contribution in [3.63, 3.8) is 0 Å². The highest BCUT2D eigenvalue weighted by molar-refractivity contribution is 5.79. The zero-order chi connectivity index (χ0) is 25.5. The molecule has 2 aliphatic heterocycles. The van der Waals surface area contributed by atoms with E-state index in [1.165, 1.54) is 0 Å². The Morgan fingerprint density at radius 2 is 2.08 bits per heavy atom. The van der Waals surface area contributed by atoms with E-state index in [0.717, 1.165) is 36.1 Å². The van der Waals surface area contributed by atoms with Gasteiger partial charge in [-0.3, -0.25) is 14.5 Å². The lowest BCUT2D eigenvalue weighted by Crippen LogP contribution is -2.45. The molecule has 1 fully saturated rings. The van der Waals surface area contributed by atoms with Crippen molar-refractivity contribution in [3.05, 3.63) is 48.0 Å². The van der Waals surface area contributed by atoms with Gasteiger partial charge < -0.3 is 24.4 Å². The number of imidazole rings is 1. The minimum atomic E-state index is -0.828. The molecule has 3 heterocycles. The number of hydrogen-bond donors (Lipinski definition) is 2. The van der Waals surface area contributed by atoms with Crippen LogP contribution in [0.4, 0.5) is 0 Å². The second kappa shape index (κ2) is 12.4. The topological polar surface area (TPSA) is 108 Å². The molecule has 0 bridgehead atoms. The SMILES string of the molecule is CCCCN(CCCO)C(=O)CN1CC(c2ccc3c(c2)CCO3)C(C(=O)O)C1CCn1ccnc1. The van der Waals surface area contributed by atoms with Crippen LogP contribution in [0.3, 0.4) is 0 Å². The molecule has 9 heteroatoms. The molecule has 0 spiro atoms. The molecule has 0 radical (unpaired) electrons. The molecule has 36 heavy (non-hydrogen) atoms. The molecule has 1 saturated heterocycles. The van der Waals surface area contributed by atoms with E-state index in [2.05, 4.69) is 22.9 Å². The van der Waals surface area contributed by atoms with Gasteiger partial charge in [-0.25, -0.2) is 4.98 Å². The first-order valence-corrected chi connectivity index (χ1v) is 13.1. The standard InChI is InChI=1S/C27H38N4O5/c1-2-3-10-30(11-4-14-32)25(33)18-31-17-22(20-5-6-24-21(16-20)8-15-36-24)26(27(34)35)23(31)7-12-29-13-9-28-19-29/h5-6,9,13,16,19,22-23,26,32H,2-4,7-8,10-12,14-15,17-18H2,1H3,(H,34,35). The Morgan fingerprint density at radius 3 is 2.81 bits per heavy atom. The number of aliphatic hydroxyl groups excluding tert-OH is 1. The van der Waals surface area contributed by atoms with E-state index >= 15 is 0 Å². The average molecular weight is 499 g/mol. The van der Waals surface area contributed by atoms with Crippen LogP contribution in [-0.2, 0) is 22.6 Å². The molecule has 3 unspecified atom stereocenters. The first-order valence-electron chi connectivity index (χ1n) is 13.1. The van der Waals surface area contributed by atoms with Crippen LogP contribution in [0.15, 0.2) is 36.9 Å². The van der Waals surface area contributed by atoms with E-state index in [4.69, 9.17) is 4.74 Å². The van der Waals surface area contributed by atoms with Crippen molar-refractivity contribution in [2.24, 2.45) is 5.92 Å². The maximum Gasteiger partial charge on any atom is 0.308 e. The van der Waals surface area contributed by atoms with Crippen molar-refractivity contribution in [1.29, 1.82) is 0 Å². The summed E-state index contributed by atoms with van der Waals surface area (Å²) >= 11 is 0. The molecule has 2 aromatic rings. The molecule has 196 valence electrons. The summed E-state index contributed by atoms with van der Waals surface area (Å²) in [6, 6.07) is 5.74. The third-order valence-corrected chi connectivity index (χ3v) is 7.48. The summed E-state index contributed by atoms with van der Waals surface area (Å²) in [5.41, 5.74) is 2.12. The van der Waals surface area contributed by atoms with Gasteiger partial charge in [-0.15, -0.1) is 0 Å². The quantitative estimate of drug-likeness (QED) is 0.437. The summed E-state index contributed by atoms with van der Waals surface area (Å²) in [4.78, 5) is 34.0. The van der Waals surface area contributed by atoms with Crippen molar-refractivity contribution >= 4 is 11.9 Å². The summed E-state index contributed by atoms with van der Waals surface area (Å²) in [5.74, 6) is -0.788. The fourth-order valence-electron chi connectivity index (χ4n) is 5.57. The molecular weight excluding hydrogens is 460 g/mol. The van der Waals surface area contributed by atoms with Gasteiger partial charge in [0.05, 0.1) is 25.4 Å². The maximum absolute atomic E-state index is 13.4. The van der Waals surface area contributed by atoms with E-state index in [1.807, 2.05) is 27.8 Å². The molecule has 2 N–H and O–H groups in total. The van der Waals surface area contributed by atoms with Gasteiger partial charge in [0.15, 0.2) is 0 Å². The van der Waals surface area contributed by atoms with Gasteiger partial charge >= 0.3 is 5.97 Å². The number of carbonyl (C=O) groups excluding carboxylic acids is 1. The summed E-state index contributed by atoms with van der Waals surface area (Å²) in [7, 11) is 0. The van der Waals surface area contributed by atoms with Gasteiger partial charge in [0.25, 0.3) is 0 Å². The predicted octanol–water partition coefficient (Wildman–Crippen LogP) is 2.39. The number of likely N-dealkylation sites (tertiary alicyclic amines) is 1. The van der Waals surface area contributed by atoms with Crippen molar-refractivity contribution in [2.75, 3.05) is 39.4 Å². The zero-order valence-electron chi connectivity index (χ0n) is 21.1. The van der Waals surface area contributed by atoms with Crippen LogP contribution in [-0.4, -0.2) is 86.9 Å². The highest BCUT2D eigenvalue weighted by Crippen LogP contribution is 2.41. The lowest BCUT2D eigenvalue weighted by Gasteiger charge is -2.29. The number of aryl methyl sites for hydroxylation is 1. The van der Waals surface area contributed by atoms with Gasteiger partial charge in [-0.05, 0) is 36.5 Å². The minimum absolute atomic E-state index is 0.00308. The molecule has 1 amide bonds. The highest BCUT2D eigenvalue weighted by Gasteiger charge is 2.47. The van der Waals surface area contributed by atoms with E-state index in [9.17, 15) is 19.8 Å². The number of hydrogen-bond acceptors (Lipinski definition) is 6. The molecule has 0 aliphatic carbocycles. The monoisotopic (exact) mass is 498 g/mol. The van der Waals surface area contributed by atoms with Crippen LogP contribution in [0.25, 0.3) is 0 Å². The number of carboxylic acid groups (broad SMARTS) is 1. The van der Waals surface area contributed by atoms with Crippen LogP contribution in [0, 0.1) is 5.92 Å². The number of ether oxygens (including phenoxy) is 1. The Kier molecular flexibility index (Phi) is 8.98. The number of carboxylic acids is 1. The van der Waals surface area contributed by atoms with Crippen LogP contribution >= 0.6 is 0 Å². The number of aliphatic hydroxyl groups is 1. The predicted molar refractivity (Wildman–Crippen MR) is 135 cm³/mol. The van der Waals surface area contributed by atoms with Crippen molar-refractivity contribution < 1.29 is 24.5 Å². The number of amides is 1. The Hall–Kier alpha value is -2.91. The number of nitrogens with zero attached hydrogens (tertiary/aromatic N) is 4. The third kappa shape index (κ3) is 6.07. The van der Waals surface area contributed by atoms with Gasteiger partial charge in [0.1, 0.15) is 5.75 Å². The van der Waals surface area contributed by atoms with Crippen LogP contribution in [0.5, 0.6) is 5.75 Å². The van der Waals surface area contributed by atoms with Gasteiger partial charge in [-0.2, -0.15) is 0 Å². The number of fused-ring (bicyclic) bond motifs is 1. The molecule has 9 nitrogen and oxygen atoms in total. The van der Waals surface area contributed by atoms with Crippen molar-refractivity contribution in [3.8, 4) is 5.75 Å². The van der Waals surface area contributed by atoms with Crippen molar-refractivity contribution in [1.82, 2.24) is 19.4 Å². The molecule has 4 rings (SSSR count). The summed E-state index contributed by atoms with van der Waals surface area (Å²) in [5, 5.41) is 19.7. The summed E-state index contributed by atoms with van der Waals surface area (Å²) in [6.45, 7) is 5.27. The lowest BCUT2D eigenvalue weighted by atomic mass is 9.83. The fourth-order valence-corrected chi connectivity index (χ4v) is 5.57. The van der Waals surface area contributed by atoms with Crippen LogP contribution in [0.2, 0.25) is 0 Å². The Bertz CT molecular complexity index is 1000. The molecule has 2 aliphatic rings. The van der Waals surface area contributed by atoms with Crippen LogP contribution < -0.4 is 4.74 Å². The Morgan fingerprint density at radius 1 is 1.25 bits per heavy atom. The molecular formula is C27H38N4O5. The second-order valence-electron chi connectivity index (χ2n) is 9.83. The Labute approximate surface area is 212 Å². The normalized spacial score (nSPS) is 21.3. The molecule has 0 saturated carbocycles. The highest BCUT2D eigenvalue weighted by atomic mass is 16.5. The Balaban J connectivity index is 1.58. The number of unbranched alkanes of at least 4 members (excludes halogenated alkanes) is 1. The van der Waals surface area contributed by atoms with E-state index in [0.29, 0.717) is 45.6 Å². The number of carbonyl (C=O) groups is 2. The van der Waals surface area contributed by atoms with Gasteiger partial charge in [0, 0.05) is 63.6 Å². The molecule has 3 atom stereocenters. The van der Waals surface area contributed by atoms with E-state index in [-0.39, 0.29) is 31.0 Å². The van der Waals surface area contributed by atoms with E-state index in [1.54, 1.807) is 12.5 Å². The van der Waals surface area contributed by atoms with Gasteiger partial charge in [-0.1, -0.05) is 25.5 Å². The van der Waals surface area contributed by atoms with Crippen molar-refractivity contribution in [2.45, 2.75) is 57.5 Å². The lowest BCUT2D eigenvalue weighted by molar-refractivity contribution is -0.144. The largest absolute Gasteiger partial charge is 0.493 e. The maximum atomic E-state index is 13.4. The number of rotatable bonds is 13. The zero-order valence-corrected chi connectivity index (χ0v) is 21.1. The fraction of sp³-hybridized carbons (Fsp3) is 0.593. The first kappa shape index (κ1) is 26.2. The average Bonchev–Trinajstić information content (AvgIpc) is 3.62. The van der Waals surface area contributed by atoms with Crippen LogP contribution in [0.1, 0.15) is 49.7 Å². The smallest absolute Gasteiger partial charge is 0.308 e. The minimum Gasteiger partial charge on any atom is -0.493 e. The third-order valence-electron chi connectivity index (χ3n) is 7.48. The molecule has 1 aromatic carbocycles. The van der Waals surface area contributed by atoms with E-state index < -0.39 is 11.9 Å². The molecule has 1 aromatic heterocycles. The number of aromatic nitrogens is 2. The summed E-state index contributed by atoms with van der Waals surface area (Å²) in [6.07, 6.45) is 9.18. The second-order valence-corrected chi connectivity index (χ2v) is 9.83. The first-order chi connectivity index (χ1) is 17.5.